The van der Waals surface area contributed by atoms with Crippen molar-refractivity contribution in [3.05, 3.63) is 54.4 Å². The van der Waals surface area contributed by atoms with E-state index in [1.165, 1.54) is 6.20 Å². The summed E-state index contributed by atoms with van der Waals surface area (Å²) in [5, 5.41) is 7.34. The maximum atomic E-state index is 11.4. The Balaban J connectivity index is 1.71. The Bertz CT molecular complexity index is 1010. The van der Waals surface area contributed by atoms with Crippen LogP contribution in [0.15, 0.2) is 48.7 Å². The molecule has 1 aromatic heterocycles. The second kappa shape index (κ2) is 7.67. The molecule has 0 amide bonds. The van der Waals surface area contributed by atoms with Crippen LogP contribution in [-0.2, 0) is 16.6 Å². The Labute approximate surface area is 157 Å². The van der Waals surface area contributed by atoms with Gasteiger partial charge in [0, 0.05) is 6.07 Å². The van der Waals surface area contributed by atoms with Crippen molar-refractivity contribution in [2.75, 3.05) is 20.5 Å². The van der Waals surface area contributed by atoms with Gasteiger partial charge in [-0.1, -0.05) is 17.3 Å². The molecule has 0 aliphatic heterocycles. The number of rotatable bonds is 7. The molecule has 0 N–H and O–H groups in total. The average Bonchev–Trinajstić information content (AvgIpc) is 3.16. The van der Waals surface area contributed by atoms with Gasteiger partial charge in [-0.2, -0.15) is 0 Å². The largest absolute Gasteiger partial charge is 0.497 e. The molecular formula is C18H19N3O5S. The summed E-state index contributed by atoms with van der Waals surface area (Å²) in [6, 6.07) is 13.1. The smallest absolute Gasteiger partial charge is 0.252 e. The molecule has 0 unspecified atom stereocenters. The number of methoxy groups -OCH3 is 2. The summed E-state index contributed by atoms with van der Waals surface area (Å²) in [6.45, 7) is 0.113. The SMILES string of the molecule is COc1cc(OC)cc(-c2ccc(OCc3cn(S(C)(=O)=O)nn3)cc2)c1. The summed E-state index contributed by atoms with van der Waals surface area (Å²) in [6.07, 6.45) is 2.38. The zero-order valence-electron chi connectivity index (χ0n) is 15.1. The highest BCUT2D eigenvalue weighted by atomic mass is 32.2. The Morgan fingerprint density at radius 1 is 0.926 bits per heavy atom. The Hall–Kier alpha value is -3.07. The lowest BCUT2D eigenvalue weighted by atomic mass is 10.0. The molecular weight excluding hydrogens is 370 g/mol. The van der Waals surface area contributed by atoms with E-state index in [0.29, 0.717) is 22.9 Å². The summed E-state index contributed by atoms with van der Waals surface area (Å²) >= 11 is 0. The molecule has 3 aromatic rings. The second-order valence-electron chi connectivity index (χ2n) is 5.76. The first kappa shape index (κ1) is 18.7. The van der Waals surface area contributed by atoms with Crippen molar-refractivity contribution in [3.8, 4) is 28.4 Å². The third kappa shape index (κ3) is 4.56. The van der Waals surface area contributed by atoms with Crippen LogP contribution in [0.1, 0.15) is 5.69 Å². The van der Waals surface area contributed by atoms with Crippen molar-refractivity contribution in [2.24, 2.45) is 0 Å². The number of ether oxygens (including phenoxy) is 3. The minimum absolute atomic E-state index is 0.113. The Kier molecular flexibility index (Phi) is 5.31. The van der Waals surface area contributed by atoms with Gasteiger partial charge >= 0.3 is 0 Å². The van der Waals surface area contributed by atoms with E-state index < -0.39 is 10.0 Å². The van der Waals surface area contributed by atoms with Gasteiger partial charge in [-0.05, 0) is 35.4 Å². The number of benzene rings is 2. The van der Waals surface area contributed by atoms with E-state index in [2.05, 4.69) is 10.3 Å². The average molecular weight is 389 g/mol. The fourth-order valence-corrected chi connectivity index (χ4v) is 2.87. The molecule has 0 aliphatic carbocycles. The maximum Gasteiger partial charge on any atom is 0.252 e. The Morgan fingerprint density at radius 2 is 1.56 bits per heavy atom. The molecule has 0 bridgehead atoms. The predicted molar refractivity (Wildman–Crippen MR) is 99.6 cm³/mol. The highest BCUT2D eigenvalue weighted by molar-refractivity contribution is 7.89. The van der Waals surface area contributed by atoms with E-state index in [1.807, 2.05) is 42.5 Å². The van der Waals surface area contributed by atoms with E-state index in [-0.39, 0.29) is 6.61 Å². The van der Waals surface area contributed by atoms with Gasteiger partial charge in [0.25, 0.3) is 10.0 Å². The molecule has 27 heavy (non-hydrogen) atoms. The van der Waals surface area contributed by atoms with Gasteiger partial charge in [-0.3, -0.25) is 0 Å². The topological polar surface area (TPSA) is 92.5 Å². The van der Waals surface area contributed by atoms with Crippen molar-refractivity contribution in [1.82, 2.24) is 14.4 Å². The zero-order chi connectivity index (χ0) is 19.4. The molecule has 0 fully saturated rings. The normalized spacial score (nSPS) is 11.2. The molecule has 0 aliphatic rings. The lowest BCUT2D eigenvalue weighted by molar-refractivity contribution is 0.301. The first-order valence-corrected chi connectivity index (χ1v) is 9.82. The van der Waals surface area contributed by atoms with Gasteiger partial charge < -0.3 is 14.2 Å². The summed E-state index contributed by atoms with van der Waals surface area (Å²) in [7, 11) is -0.233. The van der Waals surface area contributed by atoms with Crippen molar-refractivity contribution < 1.29 is 22.6 Å². The minimum Gasteiger partial charge on any atom is -0.497 e. The van der Waals surface area contributed by atoms with Gasteiger partial charge in [0.1, 0.15) is 29.5 Å². The van der Waals surface area contributed by atoms with Gasteiger partial charge in [0.2, 0.25) is 0 Å². The van der Waals surface area contributed by atoms with Crippen LogP contribution in [-0.4, -0.2) is 43.3 Å². The molecule has 2 aromatic carbocycles. The molecule has 9 heteroatoms. The fraction of sp³-hybridized carbons (Fsp3) is 0.222. The first-order chi connectivity index (χ1) is 12.9. The van der Waals surface area contributed by atoms with Crippen molar-refractivity contribution in [3.63, 3.8) is 0 Å². The first-order valence-electron chi connectivity index (χ1n) is 7.97. The van der Waals surface area contributed by atoms with Gasteiger partial charge in [-0.15, -0.1) is 9.19 Å². The fourth-order valence-electron chi connectivity index (χ4n) is 2.38. The molecule has 8 nitrogen and oxygen atoms in total. The van der Waals surface area contributed by atoms with Crippen LogP contribution in [0, 0.1) is 0 Å². The highest BCUT2D eigenvalue weighted by Crippen LogP contribution is 2.30. The van der Waals surface area contributed by atoms with Gasteiger partial charge in [0.15, 0.2) is 0 Å². The van der Waals surface area contributed by atoms with Crippen molar-refractivity contribution in [2.45, 2.75) is 6.61 Å². The van der Waals surface area contributed by atoms with Crippen LogP contribution in [0.5, 0.6) is 17.2 Å². The molecule has 0 atom stereocenters. The molecule has 0 saturated carbocycles. The molecule has 1 heterocycles. The Morgan fingerprint density at radius 3 is 2.07 bits per heavy atom. The summed E-state index contributed by atoms with van der Waals surface area (Å²) in [5.74, 6) is 2.04. The lowest BCUT2D eigenvalue weighted by Crippen LogP contribution is -2.10. The highest BCUT2D eigenvalue weighted by Gasteiger charge is 2.10. The maximum absolute atomic E-state index is 11.4. The number of aromatic nitrogens is 3. The van der Waals surface area contributed by atoms with E-state index in [1.54, 1.807) is 14.2 Å². The van der Waals surface area contributed by atoms with E-state index in [4.69, 9.17) is 14.2 Å². The van der Waals surface area contributed by atoms with Crippen LogP contribution < -0.4 is 14.2 Å². The molecule has 142 valence electrons. The quantitative estimate of drug-likeness (QED) is 0.612. The van der Waals surface area contributed by atoms with Crippen LogP contribution >= 0.6 is 0 Å². The zero-order valence-corrected chi connectivity index (χ0v) is 15.9. The summed E-state index contributed by atoms with van der Waals surface area (Å²) < 4.78 is 39.8. The summed E-state index contributed by atoms with van der Waals surface area (Å²) in [5.41, 5.74) is 2.35. The van der Waals surface area contributed by atoms with E-state index in [9.17, 15) is 8.42 Å². The van der Waals surface area contributed by atoms with Gasteiger partial charge in [-0.25, -0.2) is 8.42 Å². The van der Waals surface area contributed by atoms with Crippen LogP contribution in [0.4, 0.5) is 0 Å². The monoisotopic (exact) mass is 389 g/mol. The van der Waals surface area contributed by atoms with Crippen molar-refractivity contribution in [1.29, 1.82) is 0 Å². The summed E-state index contributed by atoms with van der Waals surface area (Å²) in [4.78, 5) is 0. The number of hydrogen-bond acceptors (Lipinski definition) is 7. The van der Waals surface area contributed by atoms with Crippen LogP contribution in [0.25, 0.3) is 11.1 Å². The van der Waals surface area contributed by atoms with E-state index in [0.717, 1.165) is 21.5 Å². The molecule has 0 radical (unpaired) electrons. The lowest BCUT2D eigenvalue weighted by Gasteiger charge is -2.09. The second-order valence-corrected chi connectivity index (χ2v) is 7.60. The van der Waals surface area contributed by atoms with Crippen LogP contribution in [0.3, 0.4) is 0 Å². The standard InChI is InChI=1S/C18H19N3O5S/c1-24-17-8-14(9-18(10-17)25-2)13-4-6-16(7-5-13)26-12-15-11-21(20-19-15)27(3,22)23/h4-11H,12H2,1-3H3. The molecule has 0 saturated heterocycles. The third-order valence-electron chi connectivity index (χ3n) is 3.79. The minimum atomic E-state index is -3.45. The van der Waals surface area contributed by atoms with Crippen LogP contribution in [0.2, 0.25) is 0 Å². The third-order valence-corrected chi connectivity index (χ3v) is 4.64. The van der Waals surface area contributed by atoms with E-state index >= 15 is 0 Å². The number of nitrogens with zero attached hydrogens (tertiary/aromatic N) is 3. The predicted octanol–water partition coefficient (Wildman–Crippen LogP) is 2.35. The molecule has 0 spiro atoms. The number of hydrogen-bond donors (Lipinski definition) is 0. The van der Waals surface area contributed by atoms with Gasteiger partial charge in [0.05, 0.1) is 26.7 Å². The molecule has 3 rings (SSSR count). The van der Waals surface area contributed by atoms with Crippen molar-refractivity contribution >= 4 is 10.0 Å².